The number of carbonyl (C=O) groups excluding carboxylic acids is 3. The molecule has 1 aromatic carbocycles. The van der Waals surface area contributed by atoms with Crippen molar-refractivity contribution in [3.05, 3.63) is 89.4 Å². The maximum Gasteiger partial charge on any atom is 0.320 e. The van der Waals surface area contributed by atoms with Gasteiger partial charge in [-0.15, -0.1) is 16.7 Å². The zero-order chi connectivity index (χ0) is 32.3. The first-order valence-electron chi connectivity index (χ1n) is 15.3. The fourth-order valence-electron chi connectivity index (χ4n) is 3.82. The molecular weight excluding hydrogens is 576 g/mol. The number of rotatable bonds is 22. The summed E-state index contributed by atoms with van der Waals surface area (Å²) in [6.45, 7) is 4.59. The maximum atomic E-state index is 12.5. The van der Waals surface area contributed by atoms with Crippen molar-refractivity contribution >= 4 is 35.3 Å². The van der Waals surface area contributed by atoms with Crippen LogP contribution in [-0.2, 0) is 4.79 Å². The summed E-state index contributed by atoms with van der Waals surface area (Å²) in [5.74, 6) is -0.686. The molecule has 0 fully saturated rings. The Morgan fingerprint density at radius 2 is 1.43 bits per heavy atom. The van der Waals surface area contributed by atoms with Crippen molar-refractivity contribution in [2.45, 2.75) is 76.9 Å². The molecule has 44 heavy (non-hydrogen) atoms. The number of hydrogen-bond donors (Lipinski definition) is 4. The molecule has 1 rings (SSSR count). The van der Waals surface area contributed by atoms with Gasteiger partial charge in [0.1, 0.15) is 5.75 Å². The van der Waals surface area contributed by atoms with Gasteiger partial charge >= 0.3 is 11.9 Å². The maximum absolute atomic E-state index is 12.5. The van der Waals surface area contributed by atoms with Crippen LogP contribution >= 0.6 is 11.8 Å². The van der Waals surface area contributed by atoms with Crippen molar-refractivity contribution < 1.29 is 19.5 Å². The SMILES string of the molecule is CC/C=C\C/C=C\C/C=C\C/C=C\C/C=C\CCCCS[C@H](CC)C(=O)NCCNC(=O)Nc1ccc(O)c(C(=O)N=O)c1. The Kier molecular flexibility index (Phi) is 22.1. The first-order valence-corrected chi connectivity index (χ1v) is 16.4. The summed E-state index contributed by atoms with van der Waals surface area (Å²) < 4.78 is 0. The topological polar surface area (TPSA) is 137 Å². The third-order valence-electron chi connectivity index (χ3n) is 6.18. The number of anilines is 1. The number of nitrogens with zero attached hydrogens (tertiary/aromatic N) is 1. The van der Waals surface area contributed by atoms with Crippen LogP contribution in [0.1, 0.15) is 82.0 Å². The van der Waals surface area contributed by atoms with Gasteiger partial charge in [-0.2, -0.15) is 0 Å². The molecule has 0 aromatic heterocycles. The summed E-state index contributed by atoms with van der Waals surface area (Å²) in [4.78, 5) is 46.5. The van der Waals surface area contributed by atoms with E-state index in [0.717, 1.165) is 69.6 Å². The predicted octanol–water partition coefficient (Wildman–Crippen LogP) is 7.97. The van der Waals surface area contributed by atoms with Crippen LogP contribution in [0.25, 0.3) is 0 Å². The van der Waals surface area contributed by atoms with Crippen LogP contribution in [0.4, 0.5) is 10.5 Å². The van der Waals surface area contributed by atoms with Crippen LogP contribution in [0, 0.1) is 4.91 Å². The molecule has 0 heterocycles. The van der Waals surface area contributed by atoms with Crippen LogP contribution in [0.2, 0.25) is 0 Å². The van der Waals surface area contributed by atoms with Crippen molar-refractivity contribution in [1.29, 1.82) is 0 Å². The van der Waals surface area contributed by atoms with Gasteiger partial charge in [-0.1, -0.05) is 74.6 Å². The lowest BCUT2D eigenvalue weighted by atomic mass is 10.1. The lowest BCUT2D eigenvalue weighted by Gasteiger charge is -2.15. The summed E-state index contributed by atoms with van der Waals surface area (Å²) in [5, 5.41) is 19.7. The average molecular weight is 625 g/mol. The van der Waals surface area contributed by atoms with Gasteiger partial charge in [0, 0.05) is 24.0 Å². The largest absolute Gasteiger partial charge is 0.507 e. The van der Waals surface area contributed by atoms with Crippen LogP contribution in [0.5, 0.6) is 5.75 Å². The number of phenolic OH excluding ortho intramolecular Hbond substituents is 1. The Bertz CT molecular complexity index is 1160. The zero-order valence-corrected chi connectivity index (χ0v) is 26.8. The number of nitrogens with one attached hydrogen (secondary N) is 3. The number of amides is 4. The molecule has 1 aromatic rings. The van der Waals surface area contributed by atoms with Crippen molar-refractivity contribution in [2.75, 3.05) is 24.2 Å². The molecule has 0 unspecified atom stereocenters. The lowest BCUT2D eigenvalue weighted by molar-refractivity contribution is -0.120. The molecule has 0 aliphatic rings. The van der Waals surface area contributed by atoms with E-state index in [1.54, 1.807) is 11.8 Å². The summed E-state index contributed by atoms with van der Waals surface area (Å²) in [6, 6.07) is 3.16. The van der Waals surface area contributed by atoms with E-state index in [1.165, 1.54) is 12.1 Å². The second-order valence-corrected chi connectivity index (χ2v) is 11.1. The normalized spacial score (nSPS) is 12.5. The quantitative estimate of drug-likeness (QED) is 0.0447. The van der Waals surface area contributed by atoms with Crippen molar-refractivity contribution in [3.8, 4) is 5.75 Å². The molecule has 1 atom stereocenters. The van der Waals surface area contributed by atoms with Gasteiger partial charge in [0.15, 0.2) is 0 Å². The molecule has 0 spiro atoms. The van der Waals surface area contributed by atoms with E-state index in [1.807, 2.05) is 6.92 Å². The van der Waals surface area contributed by atoms with Gasteiger partial charge in [-0.25, -0.2) is 4.79 Å². The summed E-state index contributed by atoms with van der Waals surface area (Å²) in [6.07, 6.45) is 30.8. The highest BCUT2D eigenvalue weighted by molar-refractivity contribution is 8.00. The van der Waals surface area contributed by atoms with E-state index in [4.69, 9.17) is 0 Å². The molecule has 4 amide bonds. The molecule has 240 valence electrons. The van der Waals surface area contributed by atoms with Crippen LogP contribution < -0.4 is 16.0 Å². The van der Waals surface area contributed by atoms with Gasteiger partial charge in [0.2, 0.25) is 5.91 Å². The van der Waals surface area contributed by atoms with Gasteiger partial charge < -0.3 is 21.1 Å². The number of benzene rings is 1. The Labute approximate surface area is 266 Å². The number of aromatic hydroxyl groups is 1. The molecule has 0 saturated heterocycles. The summed E-state index contributed by atoms with van der Waals surface area (Å²) in [5.41, 5.74) is -0.0949. The summed E-state index contributed by atoms with van der Waals surface area (Å²) >= 11 is 1.65. The molecule has 0 saturated carbocycles. The fraction of sp³-hybridized carbons (Fsp3) is 0.441. The monoisotopic (exact) mass is 624 g/mol. The number of nitroso groups, excluding NO2 is 1. The Balaban J connectivity index is 2.12. The second kappa shape index (κ2) is 25.6. The van der Waals surface area contributed by atoms with Crippen molar-refractivity contribution in [2.24, 2.45) is 5.18 Å². The van der Waals surface area contributed by atoms with Crippen molar-refractivity contribution in [1.82, 2.24) is 10.6 Å². The van der Waals surface area contributed by atoms with Crippen LogP contribution in [0.3, 0.4) is 0 Å². The smallest absolute Gasteiger partial charge is 0.320 e. The van der Waals surface area contributed by atoms with E-state index in [-0.39, 0.29) is 35.5 Å². The van der Waals surface area contributed by atoms with Crippen LogP contribution in [0.15, 0.2) is 84.1 Å². The molecule has 0 radical (unpaired) electrons. The fourth-order valence-corrected chi connectivity index (χ4v) is 4.95. The number of carbonyl (C=O) groups is 3. The van der Waals surface area contributed by atoms with E-state index in [0.29, 0.717) is 0 Å². The number of urea groups is 1. The Hall–Kier alpha value is -3.92. The molecule has 9 nitrogen and oxygen atoms in total. The molecule has 0 aliphatic carbocycles. The highest BCUT2D eigenvalue weighted by Gasteiger charge is 2.16. The highest BCUT2D eigenvalue weighted by atomic mass is 32.2. The number of phenols is 1. The van der Waals surface area contributed by atoms with Gasteiger partial charge in [0.05, 0.1) is 10.8 Å². The van der Waals surface area contributed by atoms with Crippen LogP contribution in [-0.4, -0.2) is 47.0 Å². The van der Waals surface area contributed by atoms with Gasteiger partial charge in [-0.05, 0) is 81.7 Å². The van der Waals surface area contributed by atoms with Gasteiger partial charge in [0.25, 0.3) is 0 Å². The number of allylic oxidation sites excluding steroid dienone is 10. The average Bonchev–Trinajstić information content (AvgIpc) is 3.02. The third kappa shape index (κ3) is 18.6. The number of unbranched alkanes of at least 4 members (excludes halogenated alkanes) is 2. The Morgan fingerprint density at radius 1 is 0.841 bits per heavy atom. The minimum absolute atomic E-state index is 0.0550. The van der Waals surface area contributed by atoms with E-state index < -0.39 is 17.7 Å². The van der Waals surface area contributed by atoms with E-state index in [2.05, 4.69) is 88.8 Å². The number of thioether (sulfide) groups is 1. The zero-order valence-electron chi connectivity index (χ0n) is 26.0. The van der Waals surface area contributed by atoms with E-state index >= 15 is 0 Å². The second-order valence-electron chi connectivity index (χ2n) is 9.77. The molecule has 10 heteroatoms. The molecular formula is C34H48N4O5S. The first-order chi connectivity index (χ1) is 21.4. The Morgan fingerprint density at radius 3 is 2.02 bits per heavy atom. The lowest BCUT2D eigenvalue weighted by Crippen LogP contribution is -2.39. The minimum Gasteiger partial charge on any atom is -0.507 e. The third-order valence-corrected chi connectivity index (χ3v) is 7.66. The minimum atomic E-state index is -1.14. The molecule has 0 aliphatic heterocycles. The standard InChI is InChI=1S/C34H48N4O5S/c1-3-5-6-7-8-9-10-11-12-13-14-15-16-17-18-19-20-21-26-44-31(4-2)33(41)35-24-25-36-34(42)37-28-22-23-30(39)29(27-28)32(40)38-43/h5-6,8-9,11-12,14-15,17-18,22-23,27,31,39H,3-4,7,10,13,16,19-21,24-26H2,1-2H3,(H,35,41)(H2,36,37,42)/b6-5-,9-8-,12-11-,15-14-,18-17-/t31-/m1/s1. The number of hydrogen-bond acceptors (Lipinski definition) is 6. The van der Waals surface area contributed by atoms with Crippen molar-refractivity contribution in [3.63, 3.8) is 0 Å². The predicted molar refractivity (Wildman–Crippen MR) is 183 cm³/mol. The molecule has 0 bridgehead atoms. The van der Waals surface area contributed by atoms with E-state index in [9.17, 15) is 24.4 Å². The summed E-state index contributed by atoms with van der Waals surface area (Å²) in [7, 11) is 0. The highest BCUT2D eigenvalue weighted by Crippen LogP contribution is 2.22. The molecule has 4 N–H and O–H groups in total. The van der Waals surface area contributed by atoms with Gasteiger partial charge in [-0.3, -0.25) is 9.59 Å². The first kappa shape index (κ1) is 38.1.